The number of ether oxygens (including phenoxy) is 1. The number of rotatable bonds is 4. The molecule has 1 nitrogen and oxygen atoms in total. The van der Waals surface area contributed by atoms with E-state index in [1.165, 1.54) is 11.1 Å². The Kier molecular flexibility index (Phi) is 3.97. The second-order valence-electron chi connectivity index (χ2n) is 3.60. The van der Waals surface area contributed by atoms with Gasteiger partial charge in [-0.05, 0) is 24.8 Å². The lowest BCUT2D eigenvalue weighted by atomic mass is 9.97. The second kappa shape index (κ2) is 5.03. The standard InChI is InChI=1S/C12H18O/c1-10-5-4-6-12(9-10)11(2)7-8-13-3/h4-6,9,11H,7-8H2,1-3H3. The van der Waals surface area contributed by atoms with Crippen molar-refractivity contribution in [1.82, 2.24) is 0 Å². The minimum atomic E-state index is 0.597. The van der Waals surface area contributed by atoms with Crippen LogP contribution in [0, 0.1) is 6.92 Å². The fourth-order valence-corrected chi connectivity index (χ4v) is 1.44. The zero-order chi connectivity index (χ0) is 9.68. The Hall–Kier alpha value is -0.820. The highest BCUT2D eigenvalue weighted by molar-refractivity contribution is 5.24. The molecule has 0 aliphatic carbocycles. The number of benzene rings is 1. The van der Waals surface area contributed by atoms with Gasteiger partial charge < -0.3 is 4.74 Å². The molecule has 0 heterocycles. The number of methoxy groups -OCH3 is 1. The maximum Gasteiger partial charge on any atom is 0.0467 e. The van der Waals surface area contributed by atoms with E-state index < -0.39 is 0 Å². The van der Waals surface area contributed by atoms with Gasteiger partial charge in [0, 0.05) is 13.7 Å². The molecular weight excluding hydrogens is 160 g/mol. The van der Waals surface area contributed by atoms with Crippen LogP contribution in [0.5, 0.6) is 0 Å². The van der Waals surface area contributed by atoms with E-state index in [2.05, 4.69) is 38.1 Å². The van der Waals surface area contributed by atoms with Crippen LogP contribution in [0.1, 0.15) is 30.4 Å². The summed E-state index contributed by atoms with van der Waals surface area (Å²) in [5, 5.41) is 0. The van der Waals surface area contributed by atoms with E-state index in [9.17, 15) is 0 Å². The van der Waals surface area contributed by atoms with Gasteiger partial charge in [0.05, 0.1) is 0 Å². The zero-order valence-electron chi connectivity index (χ0n) is 8.71. The molecule has 1 heteroatoms. The smallest absolute Gasteiger partial charge is 0.0467 e. The van der Waals surface area contributed by atoms with Crippen molar-refractivity contribution in [2.24, 2.45) is 0 Å². The average Bonchev–Trinajstić information content (AvgIpc) is 2.14. The topological polar surface area (TPSA) is 9.23 Å². The highest BCUT2D eigenvalue weighted by Gasteiger charge is 2.04. The molecule has 0 bridgehead atoms. The van der Waals surface area contributed by atoms with Crippen LogP contribution in [-0.2, 0) is 4.74 Å². The molecule has 0 saturated heterocycles. The molecule has 0 aliphatic rings. The lowest BCUT2D eigenvalue weighted by Crippen LogP contribution is -1.98. The molecule has 0 radical (unpaired) electrons. The van der Waals surface area contributed by atoms with Crippen molar-refractivity contribution in [2.45, 2.75) is 26.2 Å². The van der Waals surface area contributed by atoms with E-state index >= 15 is 0 Å². The molecule has 1 unspecified atom stereocenters. The summed E-state index contributed by atoms with van der Waals surface area (Å²) in [7, 11) is 1.75. The minimum Gasteiger partial charge on any atom is -0.385 e. The van der Waals surface area contributed by atoms with Crippen LogP contribution < -0.4 is 0 Å². The van der Waals surface area contributed by atoms with E-state index in [4.69, 9.17) is 4.74 Å². The summed E-state index contributed by atoms with van der Waals surface area (Å²) >= 11 is 0. The monoisotopic (exact) mass is 178 g/mol. The van der Waals surface area contributed by atoms with Crippen molar-refractivity contribution in [3.63, 3.8) is 0 Å². The van der Waals surface area contributed by atoms with Crippen molar-refractivity contribution >= 4 is 0 Å². The first-order valence-electron chi connectivity index (χ1n) is 4.79. The van der Waals surface area contributed by atoms with E-state index in [1.54, 1.807) is 7.11 Å². The van der Waals surface area contributed by atoms with Gasteiger partial charge in [-0.25, -0.2) is 0 Å². The van der Waals surface area contributed by atoms with Crippen molar-refractivity contribution in [1.29, 1.82) is 0 Å². The Bertz CT molecular complexity index is 255. The van der Waals surface area contributed by atoms with Gasteiger partial charge in [-0.3, -0.25) is 0 Å². The van der Waals surface area contributed by atoms with Crippen LogP contribution in [0.2, 0.25) is 0 Å². The number of hydrogen-bond acceptors (Lipinski definition) is 1. The second-order valence-corrected chi connectivity index (χ2v) is 3.60. The van der Waals surface area contributed by atoms with E-state index in [0.717, 1.165) is 13.0 Å². The maximum absolute atomic E-state index is 5.06. The Balaban J connectivity index is 2.60. The summed E-state index contributed by atoms with van der Waals surface area (Å²) in [5.74, 6) is 0.597. The lowest BCUT2D eigenvalue weighted by molar-refractivity contribution is 0.189. The fraction of sp³-hybridized carbons (Fsp3) is 0.500. The Morgan fingerprint density at radius 2 is 2.15 bits per heavy atom. The molecule has 0 fully saturated rings. The molecule has 0 aromatic heterocycles. The van der Waals surface area contributed by atoms with Gasteiger partial charge in [0.2, 0.25) is 0 Å². The van der Waals surface area contributed by atoms with Crippen molar-refractivity contribution in [3.05, 3.63) is 35.4 Å². The molecule has 0 N–H and O–H groups in total. The third-order valence-electron chi connectivity index (χ3n) is 2.37. The minimum absolute atomic E-state index is 0.597. The van der Waals surface area contributed by atoms with Gasteiger partial charge in [-0.1, -0.05) is 36.8 Å². The highest BCUT2D eigenvalue weighted by Crippen LogP contribution is 2.19. The first kappa shape index (κ1) is 10.3. The molecule has 1 aromatic carbocycles. The fourth-order valence-electron chi connectivity index (χ4n) is 1.44. The van der Waals surface area contributed by atoms with Crippen molar-refractivity contribution in [3.8, 4) is 0 Å². The molecule has 0 amide bonds. The Morgan fingerprint density at radius 3 is 2.77 bits per heavy atom. The summed E-state index contributed by atoms with van der Waals surface area (Å²) in [4.78, 5) is 0. The van der Waals surface area contributed by atoms with Gasteiger partial charge in [0.15, 0.2) is 0 Å². The van der Waals surface area contributed by atoms with E-state index in [0.29, 0.717) is 5.92 Å². The summed E-state index contributed by atoms with van der Waals surface area (Å²) in [5.41, 5.74) is 2.75. The molecule has 0 spiro atoms. The van der Waals surface area contributed by atoms with Gasteiger partial charge in [-0.2, -0.15) is 0 Å². The Morgan fingerprint density at radius 1 is 1.38 bits per heavy atom. The highest BCUT2D eigenvalue weighted by atomic mass is 16.5. The molecule has 13 heavy (non-hydrogen) atoms. The summed E-state index contributed by atoms with van der Waals surface area (Å²) in [6.45, 7) is 5.22. The summed E-state index contributed by atoms with van der Waals surface area (Å²) in [6, 6.07) is 8.69. The lowest BCUT2D eigenvalue weighted by Gasteiger charge is -2.11. The first-order chi connectivity index (χ1) is 6.24. The normalized spacial score (nSPS) is 12.8. The summed E-state index contributed by atoms with van der Waals surface area (Å²) in [6.07, 6.45) is 1.10. The average molecular weight is 178 g/mol. The van der Waals surface area contributed by atoms with Gasteiger partial charge in [0.25, 0.3) is 0 Å². The summed E-state index contributed by atoms with van der Waals surface area (Å²) < 4.78 is 5.06. The Labute approximate surface area is 80.7 Å². The first-order valence-corrected chi connectivity index (χ1v) is 4.79. The number of hydrogen-bond donors (Lipinski definition) is 0. The predicted octanol–water partition coefficient (Wildman–Crippen LogP) is 3.14. The van der Waals surface area contributed by atoms with Crippen LogP contribution in [-0.4, -0.2) is 13.7 Å². The van der Waals surface area contributed by atoms with E-state index in [-0.39, 0.29) is 0 Å². The predicted molar refractivity (Wildman–Crippen MR) is 56.1 cm³/mol. The van der Waals surface area contributed by atoms with Gasteiger partial charge in [0.1, 0.15) is 0 Å². The molecule has 1 rings (SSSR count). The van der Waals surface area contributed by atoms with E-state index in [1.807, 2.05) is 0 Å². The maximum atomic E-state index is 5.06. The number of aryl methyl sites for hydroxylation is 1. The van der Waals surface area contributed by atoms with Gasteiger partial charge >= 0.3 is 0 Å². The molecule has 0 saturated carbocycles. The SMILES string of the molecule is COCCC(C)c1cccc(C)c1. The third-order valence-corrected chi connectivity index (χ3v) is 2.37. The van der Waals surface area contributed by atoms with Crippen molar-refractivity contribution in [2.75, 3.05) is 13.7 Å². The largest absolute Gasteiger partial charge is 0.385 e. The van der Waals surface area contributed by atoms with Gasteiger partial charge in [-0.15, -0.1) is 0 Å². The molecule has 72 valence electrons. The van der Waals surface area contributed by atoms with Crippen LogP contribution in [0.3, 0.4) is 0 Å². The zero-order valence-corrected chi connectivity index (χ0v) is 8.71. The van der Waals surface area contributed by atoms with Crippen molar-refractivity contribution < 1.29 is 4.74 Å². The van der Waals surface area contributed by atoms with Crippen LogP contribution in [0.25, 0.3) is 0 Å². The molecule has 1 atom stereocenters. The van der Waals surface area contributed by atoms with Crippen LogP contribution in [0.4, 0.5) is 0 Å². The van der Waals surface area contributed by atoms with Crippen LogP contribution in [0.15, 0.2) is 24.3 Å². The molecule has 1 aromatic rings. The quantitative estimate of drug-likeness (QED) is 0.688. The molecular formula is C12H18O. The molecule has 0 aliphatic heterocycles. The third kappa shape index (κ3) is 3.19. The van der Waals surface area contributed by atoms with Crippen LogP contribution >= 0.6 is 0 Å².